The Morgan fingerprint density at radius 2 is 1.73 bits per heavy atom. The highest BCUT2D eigenvalue weighted by Crippen LogP contribution is 2.35. The fourth-order valence-electron chi connectivity index (χ4n) is 3.72. The number of phosphoric acid groups is 1. The second-order valence-corrected chi connectivity index (χ2v) is 11.4. The Balaban J connectivity index is 1.42. The molecule has 5 N–H and O–H groups in total. The zero-order valence-electron chi connectivity index (χ0n) is 19.8. The fourth-order valence-corrected chi connectivity index (χ4v) is 4.55. The van der Waals surface area contributed by atoms with Gasteiger partial charge in [-0.05, 0) is 47.4 Å². The highest BCUT2D eigenvalue weighted by Gasteiger charge is 2.20. The van der Waals surface area contributed by atoms with E-state index in [1.165, 1.54) is 10.8 Å². The van der Waals surface area contributed by atoms with Gasteiger partial charge in [0.1, 0.15) is 5.56 Å². The van der Waals surface area contributed by atoms with Crippen LogP contribution in [0.1, 0.15) is 22.4 Å². The molecule has 0 aliphatic rings. The van der Waals surface area contributed by atoms with Gasteiger partial charge >= 0.3 is 7.82 Å². The first-order chi connectivity index (χ1) is 17.4. The molecular weight excluding hydrogens is 519 g/mol. The fraction of sp³-hybridized carbons (Fsp3) is 0.167. The maximum Gasteiger partial charge on any atom is 0.472 e. The summed E-state index contributed by atoms with van der Waals surface area (Å²) in [6.07, 6.45) is 3.82. The molecule has 0 unspecified atom stereocenters. The normalized spacial score (nSPS) is 12.0. The molecule has 13 heteroatoms. The van der Waals surface area contributed by atoms with Gasteiger partial charge < -0.3 is 14.3 Å². The number of anilines is 2. The molecule has 2 heterocycles. The van der Waals surface area contributed by atoms with Crippen molar-refractivity contribution in [3.8, 4) is 11.3 Å². The third-order valence-corrected chi connectivity index (χ3v) is 6.41. The Morgan fingerprint density at radius 1 is 1.03 bits per heavy atom. The predicted molar refractivity (Wildman–Crippen MR) is 137 cm³/mol. The first-order valence-corrected chi connectivity index (χ1v) is 14.5. The summed E-state index contributed by atoms with van der Waals surface area (Å²) in [5, 5.41) is 4.12. The van der Waals surface area contributed by atoms with Crippen LogP contribution in [-0.2, 0) is 38.7 Å². The summed E-state index contributed by atoms with van der Waals surface area (Å²) in [5.74, 6) is 0.621. The first-order valence-electron chi connectivity index (χ1n) is 11.0. The van der Waals surface area contributed by atoms with Crippen molar-refractivity contribution in [2.45, 2.75) is 19.6 Å². The first kappa shape index (κ1) is 26.5. The van der Waals surface area contributed by atoms with Gasteiger partial charge in [-0.2, -0.15) is 0 Å². The van der Waals surface area contributed by atoms with Crippen LogP contribution in [0, 0.1) is 0 Å². The van der Waals surface area contributed by atoms with Gasteiger partial charge in [0, 0.05) is 18.2 Å². The summed E-state index contributed by atoms with van der Waals surface area (Å²) >= 11 is 0. The number of rotatable bonds is 10. The number of benzene rings is 2. The summed E-state index contributed by atoms with van der Waals surface area (Å²) in [4.78, 5) is 17.8. The van der Waals surface area contributed by atoms with Crippen molar-refractivity contribution >= 4 is 29.4 Å². The lowest BCUT2D eigenvalue weighted by atomic mass is 10.0. The zero-order chi connectivity index (χ0) is 26.6. The van der Waals surface area contributed by atoms with E-state index in [1.54, 1.807) is 24.3 Å². The van der Waals surface area contributed by atoms with E-state index in [0.29, 0.717) is 35.5 Å². The number of hydrogen-bond acceptors (Lipinski definition) is 7. The maximum atomic E-state index is 11.5. The minimum Gasteiger partial charge on any atom is -0.356 e. The van der Waals surface area contributed by atoms with Gasteiger partial charge in [-0.1, -0.05) is 41.6 Å². The number of aromatic nitrogens is 2. The molecule has 0 radical (unpaired) electrons. The number of sulfonamides is 1. The van der Waals surface area contributed by atoms with Crippen molar-refractivity contribution in [3.05, 3.63) is 95.3 Å². The molecule has 0 saturated carbocycles. The molecule has 194 valence electrons. The Labute approximate surface area is 213 Å². The molecule has 11 nitrogen and oxygen atoms in total. The number of nitrogens with one attached hydrogen (secondary N) is 1. The molecule has 4 rings (SSSR count). The average Bonchev–Trinajstić information content (AvgIpc) is 3.26. The van der Waals surface area contributed by atoms with Crippen molar-refractivity contribution in [1.29, 1.82) is 0 Å². The van der Waals surface area contributed by atoms with Gasteiger partial charge in [-0.15, -0.1) is 0 Å². The smallest absolute Gasteiger partial charge is 0.356 e. The lowest BCUT2D eigenvalue weighted by Gasteiger charge is -2.07. The quantitative estimate of drug-likeness (QED) is 0.173. The third kappa shape index (κ3) is 7.72. The van der Waals surface area contributed by atoms with Gasteiger partial charge in [0.15, 0.2) is 5.76 Å². The number of phosphoric ester groups is 1. The number of hydrogen-bond donors (Lipinski definition) is 4. The van der Waals surface area contributed by atoms with E-state index in [2.05, 4.69) is 14.4 Å². The van der Waals surface area contributed by atoms with Crippen molar-refractivity contribution in [3.63, 3.8) is 0 Å². The van der Waals surface area contributed by atoms with E-state index < -0.39 is 24.6 Å². The lowest BCUT2D eigenvalue weighted by molar-refractivity contribution is -0.711. The Morgan fingerprint density at radius 3 is 2.41 bits per heavy atom. The topological polar surface area (TPSA) is 169 Å². The van der Waals surface area contributed by atoms with E-state index in [9.17, 15) is 13.0 Å². The molecule has 0 saturated heterocycles. The molecule has 0 spiro atoms. The predicted octanol–water partition coefficient (Wildman–Crippen LogP) is 2.83. The highest BCUT2D eigenvalue weighted by molar-refractivity contribution is 7.92. The van der Waals surface area contributed by atoms with E-state index in [1.807, 2.05) is 42.5 Å². The van der Waals surface area contributed by atoms with Crippen molar-refractivity contribution in [2.75, 3.05) is 16.7 Å². The van der Waals surface area contributed by atoms with Crippen molar-refractivity contribution < 1.29 is 36.4 Å². The molecule has 37 heavy (non-hydrogen) atoms. The summed E-state index contributed by atoms with van der Waals surface area (Å²) in [5.41, 5.74) is 10.9. The molecule has 0 atom stereocenters. The van der Waals surface area contributed by atoms with Crippen molar-refractivity contribution in [1.82, 2.24) is 5.16 Å². The van der Waals surface area contributed by atoms with Crippen LogP contribution < -0.4 is 15.0 Å². The summed E-state index contributed by atoms with van der Waals surface area (Å²) < 4.78 is 47.7. The van der Waals surface area contributed by atoms with Crippen LogP contribution in [-0.4, -0.2) is 29.6 Å². The molecule has 0 fully saturated rings. The molecular formula is C24H26N4O7PS+. The monoisotopic (exact) mass is 545 g/mol. The van der Waals surface area contributed by atoms with Crippen LogP contribution >= 0.6 is 7.82 Å². The van der Waals surface area contributed by atoms with Crippen LogP contribution in [0.2, 0.25) is 0 Å². The standard InChI is InChI=1S/C24H25N4O7PS/c1-37(32,33)27-20-5-2-4-19(14-20)12-17-7-9-18(10-8-17)13-21-15-23(35-26-21)22-6-3-11-28(24(22)25)16-34-36(29,30)31/h2-11,14-15,25,27H,12-13,16H2,1H3,(H2,29,30,31)/p+1. The maximum absolute atomic E-state index is 11.5. The van der Waals surface area contributed by atoms with E-state index in [4.69, 9.17) is 20.0 Å². The van der Waals surface area contributed by atoms with Crippen LogP contribution in [0.3, 0.4) is 0 Å². The van der Waals surface area contributed by atoms with E-state index in [0.717, 1.165) is 22.9 Å². The number of nitrogen functional groups attached to an aromatic ring is 1. The van der Waals surface area contributed by atoms with Gasteiger partial charge in [0.2, 0.25) is 16.8 Å². The molecule has 2 aromatic carbocycles. The SMILES string of the molecule is CS(=O)(=O)Nc1cccc(Cc2ccc(Cc3cc(-c4ccc[n+](COP(=O)(O)O)c4N)on3)cc2)c1. The minimum absolute atomic E-state index is 0.207. The van der Waals surface area contributed by atoms with Gasteiger partial charge in [0.25, 0.3) is 5.82 Å². The zero-order valence-corrected chi connectivity index (χ0v) is 21.5. The summed E-state index contributed by atoms with van der Waals surface area (Å²) in [6.45, 7) is -0.421. The van der Waals surface area contributed by atoms with Crippen molar-refractivity contribution in [2.24, 2.45) is 0 Å². The van der Waals surface area contributed by atoms with Crippen LogP contribution in [0.25, 0.3) is 11.3 Å². The van der Waals surface area contributed by atoms with Crippen LogP contribution in [0.4, 0.5) is 11.5 Å². The van der Waals surface area contributed by atoms with Crippen LogP contribution in [0.5, 0.6) is 0 Å². The Bertz CT molecular complexity index is 1550. The highest BCUT2D eigenvalue weighted by atomic mass is 32.2. The average molecular weight is 546 g/mol. The summed E-state index contributed by atoms with van der Waals surface area (Å²) in [7, 11) is -7.98. The van der Waals surface area contributed by atoms with Crippen LogP contribution in [0.15, 0.2) is 77.4 Å². The van der Waals surface area contributed by atoms with Gasteiger partial charge in [0.05, 0.1) is 18.1 Å². The van der Waals surface area contributed by atoms with Gasteiger partial charge in [-0.25, -0.2) is 22.1 Å². The molecule has 0 amide bonds. The molecule has 0 aliphatic heterocycles. The molecule has 0 aliphatic carbocycles. The third-order valence-electron chi connectivity index (χ3n) is 5.35. The second kappa shape index (κ2) is 10.8. The second-order valence-electron chi connectivity index (χ2n) is 8.45. The molecule has 2 aromatic heterocycles. The van der Waals surface area contributed by atoms with E-state index in [-0.39, 0.29) is 5.82 Å². The van der Waals surface area contributed by atoms with E-state index >= 15 is 0 Å². The number of nitrogens with two attached hydrogens (primary N) is 1. The molecule has 0 bridgehead atoms. The number of nitrogens with zero attached hydrogens (tertiary/aromatic N) is 2. The minimum atomic E-state index is -4.64. The number of pyridine rings is 1. The Kier molecular flexibility index (Phi) is 7.76. The lowest BCUT2D eigenvalue weighted by Crippen LogP contribution is -2.38. The summed E-state index contributed by atoms with van der Waals surface area (Å²) in [6, 6.07) is 20.4. The Hall–Kier alpha value is -3.54. The molecule has 4 aromatic rings. The largest absolute Gasteiger partial charge is 0.472 e. The van der Waals surface area contributed by atoms with Gasteiger partial charge in [-0.3, -0.25) is 10.5 Å².